The topological polar surface area (TPSA) is 126 Å². The van der Waals surface area contributed by atoms with Gasteiger partial charge in [-0.2, -0.15) is 4.99 Å². The van der Waals surface area contributed by atoms with Crippen molar-refractivity contribution < 1.29 is 8.42 Å². The number of guanidine groups is 2. The highest BCUT2D eigenvalue weighted by molar-refractivity contribution is 7.91. The minimum atomic E-state index is -2.96. The number of aliphatic imine (C=N–C) groups is 1. The molecule has 0 spiro atoms. The molecule has 8 heteroatoms. The van der Waals surface area contributed by atoms with Gasteiger partial charge < -0.3 is 16.4 Å². The highest BCUT2D eigenvalue weighted by Gasteiger charge is 2.20. The molecule has 0 aliphatic carbocycles. The lowest BCUT2D eigenvalue weighted by Gasteiger charge is -2.18. The van der Waals surface area contributed by atoms with E-state index in [1.54, 1.807) is 4.90 Å². The number of rotatable bonds is 0. The minimum Gasteiger partial charge on any atom is -0.370 e. The molecule has 0 aromatic carbocycles. The Bertz CT molecular complexity index is 371. The molecule has 1 heterocycles. The third-order valence-corrected chi connectivity index (χ3v) is 3.81. The van der Waals surface area contributed by atoms with Crippen molar-refractivity contribution in [1.82, 2.24) is 4.90 Å². The summed E-state index contributed by atoms with van der Waals surface area (Å²) in [6, 6.07) is 0. The summed E-state index contributed by atoms with van der Waals surface area (Å²) in [6.07, 6.45) is 0.505. The lowest BCUT2D eigenvalue weighted by molar-refractivity contribution is 0.442. The van der Waals surface area contributed by atoms with E-state index in [4.69, 9.17) is 16.9 Å². The number of nitrogens with one attached hydrogen (secondary N) is 1. The SMILES string of the molecule is N=C(N=C(N)N)N1CCCS(=O)(=O)CC1. The second-order valence-corrected chi connectivity index (χ2v) is 5.66. The standard InChI is InChI=1S/C7H15N5O2S/c8-6(9)11-7(10)12-2-1-4-15(13,14)5-3-12/h1-5H2,(H5,8,9,10,11). The van der Waals surface area contributed by atoms with Crippen LogP contribution in [0.1, 0.15) is 6.42 Å². The van der Waals surface area contributed by atoms with Gasteiger partial charge in [-0.1, -0.05) is 0 Å². The molecule has 1 saturated heterocycles. The zero-order valence-electron chi connectivity index (χ0n) is 8.31. The first kappa shape index (κ1) is 11.8. The summed E-state index contributed by atoms with van der Waals surface area (Å²) >= 11 is 0. The molecule has 0 aromatic rings. The van der Waals surface area contributed by atoms with E-state index in [9.17, 15) is 8.42 Å². The van der Waals surface area contributed by atoms with Crippen LogP contribution in [-0.4, -0.2) is 49.8 Å². The number of hydrogen-bond donors (Lipinski definition) is 3. The monoisotopic (exact) mass is 233 g/mol. The number of sulfone groups is 1. The quantitative estimate of drug-likeness (QED) is 0.340. The van der Waals surface area contributed by atoms with Gasteiger partial charge in [0.15, 0.2) is 15.8 Å². The molecule has 0 amide bonds. The normalized spacial score (nSPS) is 20.4. The van der Waals surface area contributed by atoms with Gasteiger partial charge in [0.25, 0.3) is 0 Å². The van der Waals surface area contributed by atoms with E-state index >= 15 is 0 Å². The van der Waals surface area contributed by atoms with E-state index in [1.807, 2.05) is 0 Å². The zero-order valence-corrected chi connectivity index (χ0v) is 9.13. The molecule has 7 nitrogen and oxygen atoms in total. The maximum Gasteiger partial charge on any atom is 0.221 e. The summed E-state index contributed by atoms with van der Waals surface area (Å²) in [5, 5.41) is 7.52. The highest BCUT2D eigenvalue weighted by atomic mass is 32.2. The van der Waals surface area contributed by atoms with Crippen molar-refractivity contribution >= 4 is 21.8 Å². The first-order chi connectivity index (χ1) is 6.91. The fourth-order valence-electron chi connectivity index (χ4n) is 1.34. The molecule has 1 rings (SSSR count). The van der Waals surface area contributed by atoms with Crippen molar-refractivity contribution in [3.63, 3.8) is 0 Å². The van der Waals surface area contributed by atoms with E-state index in [1.165, 1.54) is 0 Å². The zero-order chi connectivity index (χ0) is 11.5. The van der Waals surface area contributed by atoms with Gasteiger partial charge in [0.1, 0.15) is 0 Å². The molecule has 15 heavy (non-hydrogen) atoms. The molecule has 1 fully saturated rings. The summed E-state index contributed by atoms with van der Waals surface area (Å²) in [6.45, 7) is 0.771. The number of nitrogens with zero attached hydrogens (tertiary/aromatic N) is 2. The Kier molecular flexibility index (Phi) is 3.51. The molecular formula is C7H15N5O2S. The van der Waals surface area contributed by atoms with Gasteiger partial charge >= 0.3 is 0 Å². The predicted octanol–water partition coefficient (Wildman–Crippen LogP) is -1.68. The van der Waals surface area contributed by atoms with Gasteiger partial charge in [0.05, 0.1) is 11.5 Å². The molecule has 1 aliphatic heterocycles. The Morgan fingerprint density at radius 1 is 1.27 bits per heavy atom. The lowest BCUT2D eigenvalue weighted by Crippen LogP contribution is -2.35. The first-order valence-electron chi connectivity index (χ1n) is 4.54. The smallest absolute Gasteiger partial charge is 0.221 e. The average Bonchev–Trinajstić information content (AvgIpc) is 2.25. The molecular weight excluding hydrogens is 218 g/mol. The molecule has 0 bridgehead atoms. The minimum absolute atomic E-state index is 0.0510. The van der Waals surface area contributed by atoms with E-state index in [0.29, 0.717) is 13.0 Å². The summed E-state index contributed by atoms with van der Waals surface area (Å²) in [5.74, 6) is -0.0484. The van der Waals surface area contributed by atoms with E-state index in [2.05, 4.69) is 4.99 Å². The molecule has 0 atom stereocenters. The Labute approximate surface area is 88.6 Å². The Morgan fingerprint density at radius 2 is 1.93 bits per heavy atom. The van der Waals surface area contributed by atoms with Crippen LogP contribution in [0.2, 0.25) is 0 Å². The maximum absolute atomic E-state index is 11.3. The Morgan fingerprint density at radius 3 is 2.53 bits per heavy atom. The molecule has 86 valence electrons. The van der Waals surface area contributed by atoms with E-state index in [0.717, 1.165) is 0 Å². The summed E-state index contributed by atoms with van der Waals surface area (Å²) < 4.78 is 22.6. The van der Waals surface area contributed by atoms with Crippen LogP contribution in [0.15, 0.2) is 4.99 Å². The van der Waals surface area contributed by atoms with Crippen LogP contribution in [0.25, 0.3) is 0 Å². The number of nitrogens with two attached hydrogens (primary N) is 2. The van der Waals surface area contributed by atoms with E-state index < -0.39 is 9.84 Å². The van der Waals surface area contributed by atoms with Crippen LogP contribution in [-0.2, 0) is 9.84 Å². The van der Waals surface area contributed by atoms with Crippen LogP contribution in [0, 0.1) is 5.41 Å². The largest absolute Gasteiger partial charge is 0.370 e. The van der Waals surface area contributed by atoms with Crippen LogP contribution in [0.4, 0.5) is 0 Å². The molecule has 0 aromatic heterocycles. The van der Waals surface area contributed by atoms with Crippen molar-refractivity contribution in [1.29, 1.82) is 5.41 Å². The predicted molar refractivity (Wildman–Crippen MR) is 58.4 cm³/mol. The Balaban J connectivity index is 2.66. The van der Waals surface area contributed by atoms with Gasteiger partial charge in [0.2, 0.25) is 5.96 Å². The average molecular weight is 233 g/mol. The van der Waals surface area contributed by atoms with Crippen molar-refractivity contribution in [3.05, 3.63) is 0 Å². The van der Waals surface area contributed by atoms with Crippen LogP contribution in [0.3, 0.4) is 0 Å². The van der Waals surface area contributed by atoms with Crippen molar-refractivity contribution in [2.75, 3.05) is 24.6 Å². The van der Waals surface area contributed by atoms with Crippen LogP contribution < -0.4 is 11.5 Å². The van der Waals surface area contributed by atoms with Crippen molar-refractivity contribution in [2.45, 2.75) is 6.42 Å². The second-order valence-electron chi connectivity index (χ2n) is 3.35. The van der Waals surface area contributed by atoms with Gasteiger partial charge in [0, 0.05) is 13.1 Å². The lowest BCUT2D eigenvalue weighted by atomic mass is 10.4. The first-order valence-corrected chi connectivity index (χ1v) is 6.36. The molecule has 0 unspecified atom stereocenters. The second kappa shape index (κ2) is 4.47. The third kappa shape index (κ3) is 3.74. The number of hydrogen-bond acceptors (Lipinski definition) is 3. The molecule has 0 saturated carbocycles. The van der Waals surface area contributed by atoms with E-state index in [-0.39, 0.29) is 30.0 Å². The molecule has 1 aliphatic rings. The highest BCUT2D eigenvalue weighted by Crippen LogP contribution is 2.05. The van der Waals surface area contributed by atoms with Crippen molar-refractivity contribution in [3.8, 4) is 0 Å². The third-order valence-electron chi connectivity index (χ3n) is 2.09. The van der Waals surface area contributed by atoms with Gasteiger partial charge in [-0.3, -0.25) is 5.41 Å². The summed E-state index contributed by atoms with van der Waals surface area (Å²) in [5.41, 5.74) is 10.3. The van der Waals surface area contributed by atoms with Crippen molar-refractivity contribution in [2.24, 2.45) is 16.5 Å². The van der Waals surface area contributed by atoms with Gasteiger partial charge in [-0.15, -0.1) is 0 Å². The van der Waals surface area contributed by atoms with Crippen LogP contribution >= 0.6 is 0 Å². The maximum atomic E-state index is 11.3. The summed E-state index contributed by atoms with van der Waals surface area (Å²) in [4.78, 5) is 5.14. The fourth-order valence-corrected chi connectivity index (χ4v) is 2.61. The fraction of sp³-hybridized carbons (Fsp3) is 0.714. The van der Waals surface area contributed by atoms with Crippen LogP contribution in [0.5, 0.6) is 0 Å². The molecule has 0 radical (unpaired) electrons. The molecule has 5 N–H and O–H groups in total. The van der Waals surface area contributed by atoms with Gasteiger partial charge in [-0.25, -0.2) is 8.42 Å². The Hall–Kier alpha value is -1.31. The summed E-state index contributed by atoms with van der Waals surface area (Å²) in [7, 11) is -2.96. The van der Waals surface area contributed by atoms with Gasteiger partial charge in [-0.05, 0) is 6.42 Å².